The number of nitrogens with zero attached hydrogens (tertiary/aromatic N) is 3. The summed E-state index contributed by atoms with van der Waals surface area (Å²) in [4.78, 5) is 8.84. The highest BCUT2D eigenvalue weighted by Gasteiger charge is 2.53. The lowest BCUT2D eigenvalue weighted by molar-refractivity contribution is -0.167. The maximum Gasteiger partial charge on any atom is 0.192 e. The van der Waals surface area contributed by atoms with Crippen LogP contribution < -0.4 is 5.73 Å². The van der Waals surface area contributed by atoms with Crippen LogP contribution in [0.5, 0.6) is 0 Å². The molecule has 8 nitrogen and oxygen atoms in total. The highest BCUT2D eigenvalue weighted by atomic mass is 35.5. The van der Waals surface area contributed by atoms with Crippen LogP contribution in [-0.4, -0.2) is 67.4 Å². The zero-order valence-electron chi connectivity index (χ0n) is 21.7. The maximum atomic E-state index is 6.28. The van der Waals surface area contributed by atoms with Crippen LogP contribution in [0.25, 0.3) is 5.32 Å². The van der Waals surface area contributed by atoms with Crippen molar-refractivity contribution in [3.8, 4) is 0 Å². The first-order chi connectivity index (χ1) is 15.7. The highest BCUT2D eigenvalue weighted by Crippen LogP contribution is 2.45. The molecule has 34 heavy (non-hydrogen) atoms. The Balaban J connectivity index is 1.67. The zero-order chi connectivity index (χ0) is 25.3. The molecule has 1 aromatic rings. The molecule has 4 atom stereocenters. The van der Waals surface area contributed by atoms with E-state index in [1.54, 1.807) is 0 Å². The predicted molar refractivity (Wildman–Crippen MR) is 141 cm³/mol. The quantitative estimate of drug-likeness (QED) is 0.130. The van der Waals surface area contributed by atoms with Gasteiger partial charge >= 0.3 is 0 Å². The lowest BCUT2D eigenvalue weighted by Crippen LogP contribution is -2.42. The van der Waals surface area contributed by atoms with Gasteiger partial charge in [0.05, 0.1) is 36.3 Å². The number of thioether (sulfide) groups is 1. The highest BCUT2D eigenvalue weighted by molar-refractivity contribution is 7.99. The molecule has 11 heteroatoms. The van der Waals surface area contributed by atoms with Gasteiger partial charge in [-0.1, -0.05) is 39.3 Å². The van der Waals surface area contributed by atoms with E-state index in [-0.39, 0.29) is 40.2 Å². The molecule has 3 rings (SSSR count). The van der Waals surface area contributed by atoms with Gasteiger partial charge in [0.1, 0.15) is 6.10 Å². The summed E-state index contributed by atoms with van der Waals surface area (Å²) in [5.74, 6) is 0.587. The third kappa shape index (κ3) is 6.57. The number of nitrogen functional groups attached to an aromatic ring is 1. The van der Waals surface area contributed by atoms with Crippen molar-refractivity contribution in [3.63, 3.8) is 0 Å². The van der Waals surface area contributed by atoms with Crippen LogP contribution in [0.2, 0.25) is 23.3 Å². The summed E-state index contributed by atoms with van der Waals surface area (Å²) >= 11 is 7.82. The number of hydrogen-bond acceptors (Lipinski definition) is 8. The summed E-state index contributed by atoms with van der Waals surface area (Å²) < 4.78 is 24.9. The van der Waals surface area contributed by atoms with E-state index in [0.29, 0.717) is 30.6 Å². The number of fused-ring (bicyclic) bond motifs is 1. The summed E-state index contributed by atoms with van der Waals surface area (Å²) in [5.41, 5.74) is 6.46. The van der Waals surface area contributed by atoms with Crippen LogP contribution in [-0.2, 0) is 18.6 Å². The van der Waals surface area contributed by atoms with Crippen LogP contribution in [0.1, 0.15) is 54.4 Å². The Hall–Kier alpha value is -0.623. The van der Waals surface area contributed by atoms with Crippen molar-refractivity contribution in [2.45, 2.75) is 108 Å². The number of nitrogens with two attached hydrogens (primary N) is 1. The number of ether oxygens (including phenoxy) is 3. The lowest BCUT2D eigenvalue weighted by Gasteiger charge is -2.36. The fourth-order valence-corrected chi connectivity index (χ4v) is 5.77. The predicted octanol–water partition coefficient (Wildman–Crippen LogP) is 5.92. The van der Waals surface area contributed by atoms with Crippen LogP contribution in [0.4, 0.5) is 11.5 Å². The zero-order valence-corrected chi connectivity index (χ0v) is 24.3. The molecule has 0 unspecified atom stereocenters. The van der Waals surface area contributed by atoms with Crippen molar-refractivity contribution in [2.75, 3.05) is 24.7 Å². The monoisotopic (exact) mass is 531 g/mol. The second-order valence-corrected chi connectivity index (χ2v) is 17.1. The summed E-state index contributed by atoms with van der Waals surface area (Å²) in [7, 11) is -1.82. The fourth-order valence-electron chi connectivity index (χ4n) is 3.84. The van der Waals surface area contributed by atoms with Gasteiger partial charge in [0.15, 0.2) is 19.3 Å². The minimum Gasteiger partial charge on any atom is -0.458 e. The number of anilines is 1. The molecule has 0 bridgehead atoms. The first kappa shape index (κ1) is 28.0. The minimum atomic E-state index is -1.82. The van der Waals surface area contributed by atoms with Crippen molar-refractivity contribution in [1.29, 1.82) is 0 Å². The number of aromatic nitrogens is 2. The van der Waals surface area contributed by atoms with Gasteiger partial charge in [-0.3, -0.25) is 0 Å². The Bertz CT molecular complexity index is 855. The van der Waals surface area contributed by atoms with Crippen LogP contribution in [0, 0.1) is 0 Å². The van der Waals surface area contributed by atoms with E-state index < -0.39 is 14.1 Å². The Labute approximate surface area is 214 Å². The van der Waals surface area contributed by atoms with Crippen LogP contribution >= 0.6 is 23.4 Å². The molecule has 0 aromatic carbocycles. The van der Waals surface area contributed by atoms with Gasteiger partial charge in [0.25, 0.3) is 0 Å². The third-order valence-corrected chi connectivity index (χ3v) is 12.5. The molecular weight excluding hydrogens is 492 g/mol. The van der Waals surface area contributed by atoms with E-state index in [9.17, 15) is 0 Å². The van der Waals surface area contributed by atoms with Crippen LogP contribution in [0.15, 0.2) is 5.16 Å². The van der Waals surface area contributed by atoms with E-state index in [4.69, 9.17) is 41.3 Å². The minimum absolute atomic E-state index is 0.156. The van der Waals surface area contributed by atoms with Gasteiger partial charge < -0.3 is 34.7 Å². The first-order valence-electron chi connectivity index (χ1n) is 12.0. The molecule has 1 aliphatic heterocycles. The Morgan fingerprint density at radius 2 is 1.88 bits per heavy atom. The van der Waals surface area contributed by atoms with Gasteiger partial charge in [-0.05, 0) is 62.4 Å². The molecule has 0 spiro atoms. The van der Waals surface area contributed by atoms with E-state index in [0.717, 1.165) is 12.2 Å². The first-order valence-corrected chi connectivity index (χ1v) is 16.3. The van der Waals surface area contributed by atoms with E-state index in [1.165, 1.54) is 11.8 Å². The van der Waals surface area contributed by atoms with Crippen molar-refractivity contribution in [2.24, 2.45) is 0 Å². The Kier molecular flexibility index (Phi) is 8.86. The topological polar surface area (TPSA) is 103 Å². The molecule has 194 valence electrons. The molecular formula is C23H40ClN4O4SSi-. The molecule has 1 aliphatic carbocycles. The number of halogens is 1. The number of rotatable bonds is 10. The second kappa shape index (κ2) is 10.8. The molecule has 2 N–H and O–H groups in total. The summed E-state index contributed by atoms with van der Waals surface area (Å²) in [6, 6.07) is -0.213. The van der Waals surface area contributed by atoms with Gasteiger partial charge in [-0.25, -0.2) is 4.98 Å². The van der Waals surface area contributed by atoms with Gasteiger partial charge in [-0.15, -0.1) is 11.8 Å². The summed E-state index contributed by atoms with van der Waals surface area (Å²) in [6.45, 7) is 18.2. The average Bonchev–Trinajstić information content (AvgIpc) is 3.20. The smallest absolute Gasteiger partial charge is 0.192 e. The van der Waals surface area contributed by atoms with Gasteiger partial charge in [-0.2, -0.15) is 0 Å². The molecule has 1 saturated carbocycles. The van der Waals surface area contributed by atoms with Crippen molar-refractivity contribution in [3.05, 3.63) is 10.5 Å². The van der Waals surface area contributed by atoms with E-state index in [1.807, 2.05) is 13.8 Å². The van der Waals surface area contributed by atoms with Crippen molar-refractivity contribution in [1.82, 2.24) is 9.97 Å². The fraction of sp³-hybridized carbons (Fsp3) is 0.826. The second-order valence-electron chi connectivity index (χ2n) is 10.9. The molecule has 1 saturated heterocycles. The standard InChI is InChI=1S/C23H40ClN4O4SSi/c1-9-12-33-21-27-19(24)16(25)20(28-21)26-14-13-15(18-17(14)31-23(5,6)32-18)29-10-11-30-34(7,8)22(2,3)4/h14-15,17-18H,9-13,25H2,1-8H3/q-1/t14-,15+,17+,18-/m1/s1. The van der Waals surface area contributed by atoms with E-state index in [2.05, 4.69) is 50.8 Å². The van der Waals surface area contributed by atoms with Gasteiger partial charge in [0.2, 0.25) is 0 Å². The Morgan fingerprint density at radius 3 is 2.53 bits per heavy atom. The lowest BCUT2D eigenvalue weighted by atomic mass is 10.2. The number of hydrogen-bond donors (Lipinski definition) is 1. The maximum absolute atomic E-state index is 6.28. The molecule has 2 aliphatic rings. The molecule has 0 radical (unpaired) electrons. The Morgan fingerprint density at radius 1 is 1.21 bits per heavy atom. The van der Waals surface area contributed by atoms with Crippen molar-refractivity contribution >= 4 is 43.2 Å². The summed E-state index contributed by atoms with van der Waals surface area (Å²) in [6.07, 6.45) is 1.03. The van der Waals surface area contributed by atoms with Crippen LogP contribution in [0.3, 0.4) is 0 Å². The normalized spacial score (nSPS) is 26.6. The average molecular weight is 532 g/mol. The molecule has 0 amide bonds. The van der Waals surface area contributed by atoms with Crippen molar-refractivity contribution < 1.29 is 18.6 Å². The van der Waals surface area contributed by atoms with Gasteiger partial charge in [0, 0.05) is 0 Å². The van der Waals surface area contributed by atoms with E-state index >= 15 is 0 Å². The molecule has 1 aromatic heterocycles. The largest absolute Gasteiger partial charge is 0.458 e. The molecule has 2 fully saturated rings. The SMILES string of the molecule is CCCSc1nc(Cl)c(N)c([N-][C@@H]2C[C@H](OCCO[Si](C)(C)C(C)(C)C)[C@H]3OC(C)(C)O[C@H]32)n1. The third-order valence-electron chi connectivity index (χ3n) is 6.65. The molecule has 2 heterocycles. The summed E-state index contributed by atoms with van der Waals surface area (Å²) in [5, 5.41) is 5.82.